The molecule has 7 heteroatoms. The molecule has 2 aromatic carbocycles. The fourth-order valence-corrected chi connectivity index (χ4v) is 2.82. The number of aromatic nitrogens is 4. The van der Waals surface area contributed by atoms with E-state index in [1.165, 1.54) is 19.2 Å². The Labute approximate surface area is 155 Å². The van der Waals surface area contributed by atoms with Gasteiger partial charge in [-0.2, -0.15) is 15.0 Å². The smallest absolute Gasteiger partial charge is 0.321 e. The van der Waals surface area contributed by atoms with Crippen LogP contribution in [-0.4, -0.2) is 33.6 Å². The lowest BCUT2D eigenvalue weighted by Crippen LogP contribution is -2.10. The second-order valence-corrected chi connectivity index (χ2v) is 6.05. The Balaban J connectivity index is 1.54. The number of hydrogen-bond donors (Lipinski definition) is 2. The van der Waals surface area contributed by atoms with Crippen LogP contribution >= 0.6 is 0 Å². The Hall–Kier alpha value is -3.48. The van der Waals surface area contributed by atoms with Gasteiger partial charge in [-0.25, -0.2) is 4.39 Å². The number of hydrogen-bond acceptors (Lipinski definition) is 5. The Bertz CT molecular complexity index is 1060. The third-order valence-corrected chi connectivity index (χ3v) is 4.22. The second-order valence-electron chi connectivity index (χ2n) is 6.05. The van der Waals surface area contributed by atoms with E-state index in [1.54, 1.807) is 12.1 Å². The number of benzene rings is 2. The number of nitrogens with one attached hydrogen (secondary N) is 2. The molecule has 0 aliphatic heterocycles. The maximum absolute atomic E-state index is 13.0. The van der Waals surface area contributed by atoms with Crippen molar-refractivity contribution >= 4 is 16.9 Å². The van der Waals surface area contributed by atoms with Gasteiger partial charge in [0, 0.05) is 29.2 Å². The number of ether oxygens (including phenoxy) is 1. The molecule has 0 radical (unpaired) electrons. The van der Waals surface area contributed by atoms with Gasteiger partial charge >= 0.3 is 6.01 Å². The fraction of sp³-hybridized carbons (Fsp3) is 0.150. The highest BCUT2D eigenvalue weighted by Crippen LogP contribution is 2.23. The van der Waals surface area contributed by atoms with Gasteiger partial charge in [-0.1, -0.05) is 12.1 Å². The molecule has 0 unspecified atom stereocenters. The zero-order valence-corrected chi connectivity index (χ0v) is 14.7. The van der Waals surface area contributed by atoms with Gasteiger partial charge in [-0.15, -0.1) is 0 Å². The van der Waals surface area contributed by atoms with Crippen molar-refractivity contribution in [3.8, 4) is 17.4 Å². The largest absolute Gasteiger partial charge is 0.467 e. The molecule has 0 saturated heterocycles. The maximum atomic E-state index is 13.0. The van der Waals surface area contributed by atoms with Crippen molar-refractivity contribution in [3.63, 3.8) is 0 Å². The first-order valence-electron chi connectivity index (χ1n) is 8.57. The molecule has 27 heavy (non-hydrogen) atoms. The summed E-state index contributed by atoms with van der Waals surface area (Å²) < 4.78 is 18.2. The summed E-state index contributed by atoms with van der Waals surface area (Å²) in [5.74, 6) is 0.736. The van der Waals surface area contributed by atoms with Gasteiger partial charge in [0.15, 0.2) is 5.82 Å². The maximum Gasteiger partial charge on any atom is 0.321 e. The van der Waals surface area contributed by atoms with Crippen LogP contribution in [0.25, 0.3) is 22.3 Å². The highest BCUT2D eigenvalue weighted by Gasteiger charge is 2.10. The Morgan fingerprint density at radius 3 is 2.70 bits per heavy atom. The molecule has 0 aliphatic carbocycles. The van der Waals surface area contributed by atoms with E-state index >= 15 is 0 Å². The summed E-state index contributed by atoms with van der Waals surface area (Å²) in [6, 6.07) is 14.7. The predicted molar refractivity (Wildman–Crippen MR) is 102 cm³/mol. The van der Waals surface area contributed by atoms with Crippen molar-refractivity contribution in [3.05, 3.63) is 66.1 Å². The Morgan fingerprint density at radius 1 is 1.04 bits per heavy atom. The number of anilines is 1. The van der Waals surface area contributed by atoms with Crippen LogP contribution < -0.4 is 10.1 Å². The highest BCUT2D eigenvalue weighted by atomic mass is 19.1. The summed E-state index contributed by atoms with van der Waals surface area (Å²) in [5.41, 5.74) is 2.96. The highest BCUT2D eigenvalue weighted by molar-refractivity contribution is 5.83. The van der Waals surface area contributed by atoms with E-state index in [0.717, 1.165) is 28.5 Å². The van der Waals surface area contributed by atoms with E-state index < -0.39 is 0 Å². The van der Waals surface area contributed by atoms with Crippen molar-refractivity contribution < 1.29 is 9.13 Å². The minimum Gasteiger partial charge on any atom is -0.467 e. The van der Waals surface area contributed by atoms with Crippen LogP contribution in [0, 0.1) is 5.82 Å². The molecule has 0 saturated carbocycles. The zero-order valence-electron chi connectivity index (χ0n) is 14.7. The molecule has 2 heterocycles. The molecular formula is C20H18FN5O. The molecule has 0 bridgehead atoms. The minimum atomic E-state index is -0.238. The Kier molecular flexibility index (Phi) is 4.65. The summed E-state index contributed by atoms with van der Waals surface area (Å²) >= 11 is 0. The Morgan fingerprint density at radius 2 is 1.89 bits per heavy atom. The zero-order chi connectivity index (χ0) is 18.6. The summed E-state index contributed by atoms with van der Waals surface area (Å²) in [5, 5.41) is 4.26. The summed E-state index contributed by atoms with van der Waals surface area (Å²) in [6.45, 7) is 0.606. The van der Waals surface area contributed by atoms with Crippen LogP contribution in [0.3, 0.4) is 0 Å². The van der Waals surface area contributed by atoms with Gasteiger partial charge in [0.1, 0.15) is 5.82 Å². The molecule has 0 atom stereocenters. The van der Waals surface area contributed by atoms with Crippen molar-refractivity contribution in [2.45, 2.75) is 6.42 Å². The average Bonchev–Trinajstić information content (AvgIpc) is 3.17. The van der Waals surface area contributed by atoms with Crippen LogP contribution in [0.15, 0.2) is 54.7 Å². The standard InChI is InChI=1S/C20H18FN5O/c1-27-20-25-18(15-4-7-17-14(12-15)9-11-22-17)24-19(26-20)23-10-8-13-2-5-16(21)6-3-13/h2-7,9,11-12,22H,8,10H2,1H3,(H,23,24,25,26). The molecule has 0 aliphatic rings. The predicted octanol–water partition coefficient (Wildman–Crippen LogP) is 3.82. The van der Waals surface area contributed by atoms with Gasteiger partial charge in [-0.05, 0) is 48.4 Å². The van der Waals surface area contributed by atoms with Crippen molar-refractivity contribution in [2.24, 2.45) is 0 Å². The second kappa shape index (κ2) is 7.41. The first kappa shape index (κ1) is 17.0. The van der Waals surface area contributed by atoms with Crippen LogP contribution in [0.2, 0.25) is 0 Å². The van der Waals surface area contributed by atoms with Crippen LogP contribution in [-0.2, 0) is 6.42 Å². The number of methoxy groups -OCH3 is 1. The number of nitrogens with zero attached hydrogens (tertiary/aromatic N) is 3. The first-order valence-corrected chi connectivity index (χ1v) is 8.57. The molecule has 0 spiro atoms. The SMILES string of the molecule is COc1nc(NCCc2ccc(F)cc2)nc(-c2ccc3[nH]ccc3c2)n1. The molecule has 6 nitrogen and oxygen atoms in total. The lowest BCUT2D eigenvalue weighted by atomic mass is 10.1. The number of rotatable bonds is 6. The van der Waals surface area contributed by atoms with Gasteiger partial charge < -0.3 is 15.0 Å². The van der Waals surface area contributed by atoms with Crippen molar-refractivity contribution in [2.75, 3.05) is 19.0 Å². The average molecular weight is 363 g/mol. The number of fused-ring (bicyclic) bond motifs is 1. The van der Waals surface area contributed by atoms with Gasteiger partial charge in [0.2, 0.25) is 5.95 Å². The van der Waals surface area contributed by atoms with Gasteiger partial charge in [0.05, 0.1) is 7.11 Å². The van der Waals surface area contributed by atoms with E-state index in [9.17, 15) is 4.39 Å². The quantitative estimate of drug-likeness (QED) is 0.545. The molecule has 2 N–H and O–H groups in total. The van der Waals surface area contributed by atoms with E-state index in [2.05, 4.69) is 25.3 Å². The number of halogens is 1. The molecule has 136 valence electrons. The number of aromatic amines is 1. The molecule has 0 fully saturated rings. The summed E-state index contributed by atoms with van der Waals surface area (Å²) in [6.07, 6.45) is 2.61. The third-order valence-electron chi connectivity index (χ3n) is 4.22. The van der Waals surface area contributed by atoms with E-state index in [0.29, 0.717) is 18.3 Å². The summed E-state index contributed by atoms with van der Waals surface area (Å²) in [7, 11) is 1.52. The molecular weight excluding hydrogens is 345 g/mol. The van der Waals surface area contributed by atoms with Gasteiger partial charge in [0.25, 0.3) is 0 Å². The topological polar surface area (TPSA) is 75.7 Å². The summed E-state index contributed by atoms with van der Waals surface area (Å²) in [4.78, 5) is 16.3. The lowest BCUT2D eigenvalue weighted by Gasteiger charge is -2.09. The van der Waals surface area contributed by atoms with E-state index in [-0.39, 0.29) is 11.8 Å². The molecule has 0 amide bonds. The third kappa shape index (κ3) is 3.87. The van der Waals surface area contributed by atoms with Gasteiger partial charge in [-0.3, -0.25) is 0 Å². The first-order chi connectivity index (χ1) is 13.2. The number of H-pyrrole nitrogens is 1. The molecule has 4 aromatic rings. The molecule has 4 rings (SSSR count). The van der Waals surface area contributed by atoms with Crippen LogP contribution in [0.1, 0.15) is 5.56 Å². The minimum absolute atomic E-state index is 0.238. The van der Waals surface area contributed by atoms with Crippen molar-refractivity contribution in [1.82, 2.24) is 19.9 Å². The van der Waals surface area contributed by atoms with E-state index in [4.69, 9.17) is 4.74 Å². The lowest BCUT2D eigenvalue weighted by molar-refractivity contribution is 0.379. The van der Waals surface area contributed by atoms with Crippen LogP contribution in [0.5, 0.6) is 6.01 Å². The normalized spacial score (nSPS) is 10.9. The molecule has 2 aromatic heterocycles. The van der Waals surface area contributed by atoms with E-state index in [1.807, 2.05) is 30.5 Å². The fourth-order valence-electron chi connectivity index (χ4n) is 2.82. The van der Waals surface area contributed by atoms with Crippen LogP contribution in [0.4, 0.5) is 10.3 Å². The van der Waals surface area contributed by atoms with Crippen molar-refractivity contribution in [1.29, 1.82) is 0 Å². The monoisotopic (exact) mass is 363 g/mol.